The Bertz CT molecular complexity index is 161. The average Bonchev–Trinajstić information content (AvgIpc) is 1.96. The molecular formula is C8H18N2OS. The highest BCUT2D eigenvalue weighted by Gasteiger charge is 2.25. The quantitative estimate of drug-likeness (QED) is 0.652. The molecule has 2 atom stereocenters. The molecule has 1 aliphatic rings. The summed E-state index contributed by atoms with van der Waals surface area (Å²) in [6, 6.07) is 0.607. The summed E-state index contributed by atoms with van der Waals surface area (Å²) in [4.78, 5) is 2.38. The third kappa shape index (κ3) is 2.84. The van der Waals surface area contributed by atoms with Crippen LogP contribution in [0.1, 0.15) is 12.8 Å². The Morgan fingerprint density at radius 2 is 2.42 bits per heavy atom. The molecular weight excluding hydrogens is 172 g/mol. The Morgan fingerprint density at radius 3 is 2.83 bits per heavy atom. The molecule has 0 bridgehead atoms. The van der Waals surface area contributed by atoms with Gasteiger partial charge in [-0.25, -0.2) is 0 Å². The first-order valence-corrected chi connectivity index (χ1v) is 6.21. The second-order valence-corrected chi connectivity index (χ2v) is 4.90. The largest absolute Gasteiger partial charge is 0.329 e. The van der Waals surface area contributed by atoms with Gasteiger partial charge in [0.25, 0.3) is 0 Å². The van der Waals surface area contributed by atoms with E-state index in [9.17, 15) is 4.21 Å². The minimum Gasteiger partial charge on any atom is -0.329 e. The molecule has 1 saturated heterocycles. The number of nitrogens with two attached hydrogens (primary N) is 1. The highest BCUT2D eigenvalue weighted by molar-refractivity contribution is 7.84. The highest BCUT2D eigenvalue weighted by Crippen LogP contribution is 2.15. The van der Waals surface area contributed by atoms with E-state index >= 15 is 0 Å². The Morgan fingerprint density at radius 1 is 1.67 bits per heavy atom. The lowest BCUT2D eigenvalue weighted by atomic mass is 10.0. The van der Waals surface area contributed by atoms with Gasteiger partial charge in [0, 0.05) is 41.9 Å². The van der Waals surface area contributed by atoms with Crippen LogP contribution in [0.5, 0.6) is 0 Å². The first kappa shape index (κ1) is 10.2. The van der Waals surface area contributed by atoms with Crippen molar-refractivity contribution in [3.05, 3.63) is 0 Å². The molecule has 4 heteroatoms. The van der Waals surface area contributed by atoms with Crippen molar-refractivity contribution < 1.29 is 4.21 Å². The molecule has 12 heavy (non-hydrogen) atoms. The van der Waals surface area contributed by atoms with Crippen molar-refractivity contribution in [1.29, 1.82) is 0 Å². The van der Waals surface area contributed by atoms with Crippen LogP contribution < -0.4 is 5.73 Å². The van der Waals surface area contributed by atoms with Gasteiger partial charge in [0.05, 0.1) is 0 Å². The Hall–Kier alpha value is 0.0700. The summed E-state index contributed by atoms with van der Waals surface area (Å²) in [6.45, 7) is 3.02. The molecule has 0 radical (unpaired) electrons. The average molecular weight is 190 g/mol. The van der Waals surface area contributed by atoms with Crippen molar-refractivity contribution in [1.82, 2.24) is 4.90 Å². The second-order valence-electron chi connectivity index (χ2n) is 3.35. The van der Waals surface area contributed by atoms with Crippen LogP contribution in [0.25, 0.3) is 0 Å². The summed E-state index contributed by atoms with van der Waals surface area (Å²) in [6.07, 6.45) is 4.04. The van der Waals surface area contributed by atoms with Crippen molar-refractivity contribution >= 4 is 10.8 Å². The van der Waals surface area contributed by atoms with Gasteiger partial charge in [-0.05, 0) is 19.4 Å². The van der Waals surface area contributed by atoms with E-state index in [4.69, 9.17) is 5.73 Å². The molecule has 0 spiro atoms. The number of hydrogen-bond donors (Lipinski definition) is 1. The Labute approximate surface area is 76.8 Å². The fourth-order valence-electron chi connectivity index (χ4n) is 1.53. The monoisotopic (exact) mass is 190 g/mol. The molecule has 0 aromatic carbocycles. The predicted molar refractivity (Wildman–Crippen MR) is 52.6 cm³/mol. The summed E-state index contributed by atoms with van der Waals surface area (Å²) in [5, 5.41) is 0. The van der Waals surface area contributed by atoms with Gasteiger partial charge in [-0.2, -0.15) is 0 Å². The molecule has 72 valence electrons. The maximum Gasteiger partial charge on any atom is 0.0244 e. The smallest absolute Gasteiger partial charge is 0.0244 e. The van der Waals surface area contributed by atoms with Crippen LogP contribution in [0, 0.1) is 0 Å². The normalized spacial score (nSPS) is 26.7. The van der Waals surface area contributed by atoms with E-state index in [1.165, 1.54) is 13.0 Å². The van der Waals surface area contributed by atoms with Crippen LogP contribution in [0.3, 0.4) is 0 Å². The standard InChI is InChI=1S/C8H18N2OS/c1-12(11)6-2-4-10-5-3-8(10)7-9/h8H,2-7,9H2,1H3. The van der Waals surface area contributed by atoms with Crippen LogP contribution in [-0.2, 0) is 10.8 Å². The fraction of sp³-hybridized carbons (Fsp3) is 1.00. The third-order valence-corrected chi connectivity index (χ3v) is 3.28. The van der Waals surface area contributed by atoms with E-state index in [1.807, 2.05) is 0 Å². The molecule has 0 aromatic rings. The van der Waals surface area contributed by atoms with E-state index < -0.39 is 10.8 Å². The van der Waals surface area contributed by atoms with Crippen molar-refractivity contribution in [2.45, 2.75) is 18.9 Å². The Balaban J connectivity index is 2.03. The molecule has 0 aromatic heterocycles. The van der Waals surface area contributed by atoms with E-state index in [0.29, 0.717) is 6.04 Å². The summed E-state index contributed by atoms with van der Waals surface area (Å²) < 4.78 is 10.8. The maximum atomic E-state index is 10.8. The maximum absolute atomic E-state index is 10.8. The number of nitrogens with zero attached hydrogens (tertiary/aromatic N) is 1. The van der Waals surface area contributed by atoms with Gasteiger partial charge in [-0.15, -0.1) is 0 Å². The Kier molecular flexibility index (Phi) is 4.18. The lowest BCUT2D eigenvalue weighted by molar-refractivity contribution is 0.0976. The molecule has 1 fully saturated rings. The zero-order chi connectivity index (χ0) is 8.97. The third-order valence-electron chi connectivity index (χ3n) is 2.42. The van der Waals surface area contributed by atoms with Crippen LogP contribution in [0.2, 0.25) is 0 Å². The van der Waals surface area contributed by atoms with Crippen molar-refractivity contribution in [3.8, 4) is 0 Å². The van der Waals surface area contributed by atoms with E-state index in [2.05, 4.69) is 4.90 Å². The van der Waals surface area contributed by atoms with E-state index in [0.717, 1.165) is 25.3 Å². The van der Waals surface area contributed by atoms with Crippen molar-refractivity contribution in [2.75, 3.05) is 31.6 Å². The molecule has 0 amide bonds. The molecule has 1 heterocycles. The lowest BCUT2D eigenvalue weighted by Crippen LogP contribution is -2.51. The number of hydrogen-bond acceptors (Lipinski definition) is 3. The summed E-state index contributed by atoms with van der Waals surface area (Å²) in [5.74, 6) is 0.827. The number of rotatable bonds is 5. The summed E-state index contributed by atoms with van der Waals surface area (Å²) in [7, 11) is -0.631. The van der Waals surface area contributed by atoms with Crippen LogP contribution in [-0.4, -0.2) is 46.8 Å². The molecule has 1 aliphatic heterocycles. The van der Waals surface area contributed by atoms with Crippen molar-refractivity contribution in [2.24, 2.45) is 5.73 Å². The molecule has 2 unspecified atom stereocenters. The minimum atomic E-state index is -0.631. The lowest BCUT2D eigenvalue weighted by Gasteiger charge is -2.40. The molecule has 2 N–H and O–H groups in total. The van der Waals surface area contributed by atoms with Gasteiger partial charge in [0.1, 0.15) is 0 Å². The summed E-state index contributed by atoms with van der Waals surface area (Å²) >= 11 is 0. The minimum absolute atomic E-state index is 0.607. The zero-order valence-electron chi connectivity index (χ0n) is 7.66. The molecule has 0 aliphatic carbocycles. The van der Waals surface area contributed by atoms with E-state index in [1.54, 1.807) is 6.26 Å². The van der Waals surface area contributed by atoms with Crippen molar-refractivity contribution in [3.63, 3.8) is 0 Å². The van der Waals surface area contributed by atoms with Crippen LogP contribution in [0.4, 0.5) is 0 Å². The van der Waals surface area contributed by atoms with Crippen LogP contribution in [0.15, 0.2) is 0 Å². The number of likely N-dealkylation sites (tertiary alicyclic amines) is 1. The van der Waals surface area contributed by atoms with Gasteiger partial charge in [-0.1, -0.05) is 0 Å². The predicted octanol–water partition coefficient (Wildman–Crippen LogP) is -0.212. The molecule has 0 saturated carbocycles. The van der Waals surface area contributed by atoms with Gasteiger partial charge < -0.3 is 5.73 Å². The SMILES string of the molecule is CS(=O)CCCN1CCC1CN. The molecule has 1 rings (SSSR count). The zero-order valence-corrected chi connectivity index (χ0v) is 8.48. The fourth-order valence-corrected chi connectivity index (χ4v) is 2.06. The second kappa shape index (κ2) is 4.94. The van der Waals surface area contributed by atoms with Gasteiger partial charge in [0.2, 0.25) is 0 Å². The van der Waals surface area contributed by atoms with Gasteiger partial charge in [-0.3, -0.25) is 9.11 Å². The first-order valence-electron chi connectivity index (χ1n) is 4.48. The topological polar surface area (TPSA) is 46.3 Å². The van der Waals surface area contributed by atoms with Gasteiger partial charge >= 0.3 is 0 Å². The van der Waals surface area contributed by atoms with Crippen LogP contribution >= 0.6 is 0 Å². The summed E-state index contributed by atoms with van der Waals surface area (Å²) in [5.41, 5.74) is 5.55. The molecule has 3 nitrogen and oxygen atoms in total. The van der Waals surface area contributed by atoms with Gasteiger partial charge in [0.15, 0.2) is 0 Å². The first-order chi connectivity index (χ1) is 5.74. The highest BCUT2D eigenvalue weighted by atomic mass is 32.2. The van der Waals surface area contributed by atoms with E-state index in [-0.39, 0.29) is 0 Å².